The Kier molecular flexibility index (Phi) is 4.96. The molecule has 0 saturated carbocycles. The van der Waals surface area contributed by atoms with E-state index in [0.717, 1.165) is 59.0 Å². The number of fused-ring (bicyclic) bond motifs is 2. The molecule has 26 heavy (non-hydrogen) atoms. The predicted molar refractivity (Wildman–Crippen MR) is 103 cm³/mol. The summed E-state index contributed by atoms with van der Waals surface area (Å²) in [7, 11) is 0. The summed E-state index contributed by atoms with van der Waals surface area (Å²) in [5.74, 6) is -0.232. The van der Waals surface area contributed by atoms with Gasteiger partial charge in [-0.05, 0) is 42.9 Å². The molecule has 0 saturated heterocycles. The molecule has 1 aromatic heterocycles. The van der Waals surface area contributed by atoms with Gasteiger partial charge in [0.1, 0.15) is 6.61 Å². The molecule has 3 heteroatoms. The van der Waals surface area contributed by atoms with Crippen LogP contribution in [0.25, 0.3) is 10.9 Å². The van der Waals surface area contributed by atoms with Gasteiger partial charge in [-0.3, -0.25) is 4.98 Å². The van der Waals surface area contributed by atoms with E-state index in [-0.39, 0.29) is 5.97 Å². The smallest absolute Gasteiger partial charge is 0.339 e. The second-order valence-electron chi connectivity index (χ2n) is 6.91. The summed E-state index contributed by atoms with van der Waals surface area (Å²) >= 11 is 0. The molecule has 4 rings (SSSR count). The maximum Gasteiger partial charge on any atom is 0.339 e. The number of rotatable bonds is 3. The minimum Gasteiger partial charge on any atom is -0.457 e. The van der Waals surface area contributed by atoms with Crippen LogP contribution in [0.15, 0.2) is 54.6 Å². The molecule has 3 aromatic rings. The molecule has 0 spiro atoms. The topological polar surface area (TPSA) is 39.2 Å². The van der Waals surface area contributed by atoms with Gasteiger partial charge in [0.15, 0.2) is 0 Å². The SMILES string of the molecule is O=C(OCc1ccccc1)c1c2c(nc3ccccc13)CCCCCC2. The van der Waals surface area contributed by atoms with E-state index in [2.05, 4.69) is 0 Å². The van der Waals surface area contributed by atoms with Crippen molar-refractivity contribution in [2.45, 2.75) is 45.1 Å². The van der Waals surface area contributed by atoms with E-state index >= 15 is 0 Å². The van der Waals surface area contributed by atoms with Gasteiger partial charge in [0, 0.05) is 11.1 Å². The van der Waals surface area contributed by atoms with Crippen LogP contribution in [0.2, 0.25) is 0 Å². The third-order valence-electron chi connectivity index (χ3n) is 5.09. The lowest BCUT2D eigenvalue weighted by Crippen LogP contribution is -2.14. The number of carbonyl (C=O) groups excluding carboxylic acids is 1. The number of hydrogen-bond donors (Lipinski definition) is 0. The van der Waals surface area contributed by atoms with Crippen molar-refractivity contribution in [3.8, 4) is 0 Å². The van der Waals surface area contributed by atoms with Crippen LogP contribution in [0.4, 0.5) is 0 Å². The van der Waals surface area contributed by atoms with E-state index in [4.69, 9.17) is 9.72 Å². The van der Waals surface area contributed by atoms with Gasteiger partial charge in [0.25, 0.3) is 0 Å². The molecule has 0 bridgehead atoms. The summed E-state index contributed by atoms with van der Waals surface area (Å²) in [5, 5.41) is 0.907. The Balaban J connectivity index is 1.73. The molecule has 2 aromatic carbocycles. The lowest BCUT2D eigenvalue weighted by molar-refractivity contribution is 0.0473. The first-order valence-electron chi connectivity index (χ1n) is 9.44. The fourth-order valence-corrected chi connectivity index (χ4v) is 3.75. The minimum atomic E-state index is -0.232. The minimum absolute atomic E-state index is 0.232. The van der Waals surface area contributed by atoms with Crippen molar-refractivity contribution < 1.29 is 9.53 Å². The first kappa shape index (κ1) is 16.8. The summed E-state index contributed by atoms with van der Waals surface area (Å²) < 4.78 is 5.69. The summed E-state index contributed by atoms with van der Waals surface area (Å²) in [6.07, 6.45) is 6.54. The second-order valence-corrected chi connectivity index (χ2v) is 6.91. The molecule has 132 valence electrons. The highest BCUT2D eigenvalue weighted by molar-refractivity contribution is 6.05. The molecule has 0 amide bonds. The van der Waals surface area contributed by atoms with Crippen LogP contribution in [0.5, 0.6) is 0 Å². The molecule has 0 atom stereocenters. The van der Waals surface area contributed by atoms with Gasteiger partial charge in [-0.25, -0.2) is 4.79 Å². The zero-order chi connectivity index (χ0) is 17.8. The molecule has 1 aliphatic carbocycles. The second kappa shape index (κ2) is 7.69. The standard InChI is InChI=1S/C23H23NO2/c25-23(26-16-17-10-4-3-5-11-17)22-18-12-6-1-2-7-14-20(18)24-21-15-9-8-13-19(21)22/h3-5,8-11,13,15H,1-2,6-7,12,14,16H2. The molecule has 1 heterocycles. The van der Waals surface area contributed by atoms with Gasteiger partial charge < -0.3 is 4.74 Å². The van der Waals surface area contributed by atoms with E-state index in [1.54, 1.807) is 0 Å². The summed E-state index contributed by atoms with van der Waals surface area (Å²) in [6.45, 7) is 0.297. The van der Waals surface area contributed by atoms with Crippen LogP contribution >= 0.6 is 0 Å². The van der Waals surface area contributed by atoms with E-state index in [0.29, 0.717) is 6.61 Å². The van der Waals surface area contributed by atoms with Gasteiger partial charge in [0.2, 0.25) is 0 Å². The third kappa shape index (κ3) is 3.48. The number of pyridine rings is 1. The van der Waals surface area contributed by atoms with Crippen molar-refractivity contribution in [1.82, 2.24) is 4.98 Å². The number of benzene rings is 2. The van der Waals surface area contributed by atoms with Crippen LogP contribution in [-0.2, 0) is 24.2 Å². The average Bonchev–Trinajstić information content (AvgIpc) is 2.66. The van der Waals surface area contributed by atoms with Crippen molar-refractivity contribution >= 4 is 16.9 Å². The van der Waals surface area contributed by atoms with E-state index in [1.807, 2.05) is 54.6 Å². The van der Waals surface area contributed by atoms with Crippen molar-refractivity contribution in [2.75, 3.05) is 0 Å². The Labute approximate surface area is 154 Å². The van der Waals surface area contributed by atoms with Crippen molar-refractivity contribution in [3.63, 3.8) is 0 Å². The normalized spacial score (nSPS) is 14.3. The predicted octanol–water partition coefficient (Wildman–Crippen LogP) is 5.25. The molecular weight excluding hydrogens is 322 g/mol. The number of aryl methyl sites for hydroxylation is 1. The quantitative estimate of drug-likeness (QED) is 0.609. The Morgan fingerprint density at radius 1 is 0.885 bits per heavy atom. The van der Waals surface area contributed by atoms with Crippen molar-refractivity contribution in [3.05, 3.63) is 77.0 Å². The van der Waals surface area contributed by atoms with E-state index < -0.39 is 0 Å². The largest absolute Gasteiger partial charge is 0.457 e. The van der Waals surface area contributed by atoms with Gasteiger partial charge in [-0.15, -0.1) is 0 Å². The molecule has 3 nitrogen and oxygen atoms in total. The highest BCUT2D eigenvalue weighted by Gasteiger charge is 2.22. The van der Waals surface area contributed by atoms with E-state index in [1.165, 1.54) is 12.8 Å². The molecule has 0 unspecified atom stereocenters. The Morgan fingerprint density at radius 3 is 2.46 bits per heavy atom. The number of para-hydroxylation sites is 1. The van der Waals surface area contributed by atoms with Crippen LogP contribution in [0, 0.1) is 0 Å². The highest BCUT2D eigenvalue weighted by Crippen LogP contribution is 2.29. The summed E-state index contributed by atoms with van der Waals surface area (Å²) in [6, 6.07) is 17.7. The van der Waals surface area contributed by atoms with Crippen LogP contribution < -0.4 is 0 Å². The fourth-order valence-electron chi connectivity index (χ4n) is 3.75. The van der Waals surface area contributed by atoms with Gasteiger partial charge in [-0.1, -0.05) is 61.4 Å². The van der Waals surface area contributed by atoms with Crippen molar-refractivity contribution in [1.29, 1.82) is 0 Å². The van der Waals surface area contributed by atoms with Gasteiger partial charge in [-0.2, -0.15) is 0 Å². The molecule has 0 fully saturated rings. The van der Waals surface area contributed by atoms with Crippen molar-refractivity contribution in [2.24, 2.45) is 0 Å². The lowest BCUT2D eigenvalue weighted by atomic mass is 9.91. The third-order valence-corrected chi connectivity index (χ3v) is 5.09. The number of hydrogen-bond acceptors (Lipinski definition) is 3. The molecule has 1 aliphatic rings. The molecule has 0 N–H and O–H groups in total. The average molecular weight is 345 g/mol. The molecule has 0 aliphatic heterocycles. The number of carbonyl (C=O) groups is 1. The van der Waals surface area contributed by atoms with Gasteiger partial charge >= 0.3 is 5.97 Å². The zero-order valence-electron chi connectivity index (χ0n) is 14.9. The fraction of sp³-hybridized carbons (Fsp3) is 0.304. The lowest BCUT2D eigenvalue weighted by Gasteiger charge is -2.18. The molecular formula is C23H23NO2. The van der Waals surface area contributed by atoms with Gasteiger partial charge in [0.05, 0.1) is 11.1 Å². The number of esters is 1. The maximum absolute atomic E-state index is 13.1. The molecule has 0 radical (unpaired) electrons. The summed E-state index contributed by atoms with van der Waals surface area (Å²) in [5.41, 5.74) is 4.79. The number of nitrogens with zero attached hydrogens (tertiary/aromatic N) is 1. The monoisotopic (exact) mass is 345 g/mol. The van der Waals surface area contributed by atoms with Crippen LogP contribution in [0.3, 0.4) is 0 Å². The Hall–Kier alpha value is -2.68. The maximum atomic E-state index is 13.1. The summed E-state index contributed by atoms with van der Waals surface area (Å²) in [4.78, 5) is 17.9. The first-order valence-corrected chi connectivity index (χ1v) is 9.44. The first-order chi connectivity index (χ1) is 12.8. The van der Waals surface area contributed by atoms with Crippen LogP contribution in [0.1, 0.15) is 52.9 Å². The van der Waals surface area contributed by atoms with Crippen LogP contribution in [-0.4, -0.2) is 11.0 Å². The zero-order valence-corrected chi connectivity index (χ0v) is 14.9. The van der Waals surface area contributed by atoms with E-state index in [9.17, 15) is 4.79 Å². The number of ether oxygens (including phenoxy) is 1. The highest BCUT2D eigenvalue weighted by atomic mass is 16.5. The Bertz CT molecular complexity index is 918. The number of aromatic nitrogens is 1. The Morgan fingerprint density at radius 2 is 1.62 bits per heavy atom.